The number of amides is 1. The number of aliphatic hydroxyl groups excluding tert-OH is 1. The molecular formula is C19H22ClN3O3. The molecule has 0 unspecified atom stereocenters. The number of imidazole rings is 1. The van der Waals surface area contributed by atoms with Gasteiger partial charge in [0.2, 0.25) is 0 Å². The summed E-state index contributed by atoms with van der Waals surface area (Å²) in [6.45, 7) is 1.34. The third-order valence-corrected chi connectivity index (χ3v) is 5.70. The van der Waals surface area contributed by atoms with Gasteiger partial charge in [0.05, 0.1) is 6.10 Å². The Hall–Kier alpha value is -2.05. The first kappa shape index (κ1) is 17.4. The second kappa shape index (κ2) is 6.93. The van der Waals surface area contributed by atoms with E-state index in [0.717, 1.165) is 6.42 Å². The van der Waals surface area contributed by atoms with Crippen molar-refractivity contribution in [3.8, 4) is 5.75 Å². The molecule has 6 nitrogen and oxygen atoms in total. The highest BCUT2D eigenvalue weighted by molar-refractivity contribution is 6.30. The Balaban J connectivity index is 1.43. The van der Waals surface area contributed by atoms with E-state index in [0.29, 0.717) is 47.9 Å². The van der Waals surface area contributed by atoms with Crippen LogP contribution in [0.25, 0.3) is 0 Å². The first-order chi connectivity index (χ1) is 12.5. The Morgan fingerprint density at radius 1 is 1.31 bits per heavy atom. The molecule has 1 saturated carbocycles. The number of likely N-dealkylation sites (tertiary alicyclic amines) is 1. The van der Waals surface area contributed by atoms with Gasteiger partial charge in [-0.15, -0.1) is 0 Å². The van der Waals surface area contributed by atoms with Crippen molar-refractivity contribution < 1.29 is 14.6 Å². The molecule has 4 atom stereocenters. The van der Waals surface area contributed by atoms with Crippen LogP contribution < -0.4 is 4.74 Å². The zero-order valence-corrected chi connectivity index (χ0v) is 15.3. The molecule has 1 aromatic carbocycles. The molecule has 138 valence electrons. The van der Waals surface area contributed by atoms with E-state index in [1.807, 2.05) is 24.1 Å². The molecule has 4 rings (SSSR count). The van der Waals surface area contributed by atoms with Crippen LogP contribution in [0.5, 0.6) is 5.75 Å². The zero-order chi connectivity index (χ0) is 18.3. The highest BCUT2D eigenvalue weighted by atomic mass is 35.5. The summed E-state index contributed by atoms with van der Waals surface area (Å²) < 4.78 is 7.73. The summed E-state index contributed by atoms with van der Waals surface area (Å²) in [5.41, 5.74) is 0. The topological polar surface area (TPSA) is 67.6 Å². The molecule has 7 heteroatoms. The largest absolute Gasteiger partial charge is 0.488 e. The van der Waals surface area contributed by atoms with E-state index in [-0.39, 0.29) is 12.0 Å². The van der Waals surface area contributed by atoms with Gasteiger partial charge >= 0.3 is 0 Å². The van der Waals surface area contributed by atoms with Gasteiger partial charge in [0.1, 0.15) is 11.9 Å². The maximum absolute atomic E-state index is 12.7. The molecule has 0 spiro atoms. The molecule has 1 aromatic heterocycles. The van der Waals surface area contributed by atoms with Crippen molar-refractivity contribution in [2.75, 3.05) is 13.1 Å². The Bertz CT molecular complexity index is 809. The van der Waals surface area contributed by atoms with E-state index in [4.69, 9.17) is 16.3 Å². The predicted molar refractivity (Wildman–Crippen MR) is 97.2 cm³/mol. The van der Waals surface area contributed by atoms with Crippen LogP contribution in [-0.4, -0.2) is 50.8 Å². The van der Waals surface area contributed by atoms with Crippen LogP contribution in [0.15, 0.2) is 36.7 Å². The highest BCUT2D eigenvalue weighted by Gasteiger charge is 2.44. The number of nitrogens with zero attached hydrogens (tertiary/aromatic N) is 3. The first-order valence-electron chi connectivity index (χ1n) is 8.88. The molecular weight excluding hydrogens is 354 g/mol. The number of ether oxygens (including phenoxy) is 1. The van der Waals surface area contributed by atoms with E-state index in [9.17, 15) is 9.90 Å². The lowest BCUT2D eigenvalue weighted by molar-refractivity contribution is -0.0231. The fraction of sp³-hybridized carbons (Fsp3) is 0.474. The minimum absolute atomic E-state index is 0.0475. The fourth-order valence-corrected chi connectivity index (χ4v) is 4.29. The average molecular weight is 376 g/mol. The van der Waals surface area contributed by atoms with Crippen LogP contribution in [0.2, 0.25) is 5.02 Å². The standard InChI is InChI=1S/C19H22ClN3O3/c1-22-6-5-21-18(22)19(25)23-10-12-7-16(24)17(8-13(12)11-23)26-15-4-2-3-14(20)9-15/h2-6,9,12-13,16-17,24H,7-8,10-11H2,1H3/t12-,13+,16+,17+/m0/s1. The first-order valence-corrected chi connectivity index (χ1v) is 9.26. The molecule has 0 bridgehead atoms. The van der Waals surface area contributed by atoms with E-state index in [1.54, 1.807) is 29.1 Å². The van der Waals surface area contributed by atoms with E-state index < -0.39 is 6.10 Å². The van der Waals surface area contributed by atoms with E-state index in [2.05, 4.69) is 4.98 Å². The van der Waals surface area contributed by atoms with Crippen LogP contribution in [0.1, 0.15) is 23.5 Å². The molecule has 2 fully saturated rings. The van der Waals surface area contributed by atoms with E-state index in [1.165, 1.54) is 0 Å². The summed E-state index contributed by atoms with van der Waals surface area (Å²) in [6, 6.07) is 7.22. The molecule has 2 heterocycles. The third kappa shape index (κ3) is 3.31. The second-order valence-electron chi connectivity index (χ2n) is 7.24. The maximum atomic E-state index is 12.7. The molecule has 1 saturated heterocycles. The Kier molecular flexibility index (Phi) is 4.63. The monoisotopic (exact) mass is 375 g/mol. The molecule has 0 radical (unpaired) electrons. The lowest BCUT2D eigenvalue weighted by Gasteiger charge is -2.35. The summed E-state index contributed by atoms with van der Waals surface area (Å²) in [4.78, 5) is 18.7. The number of carbonyl (C=O) groups excluding carboxylic acids is 1. The van der Waals surface area contributed by atoms with Crippen LogP contribution in [-0.2, 0) is 7.05 Å². The summed E-state index contributed by atoms with van der Waals surface area (Å²) in [7, 11) is 1.82. The molecule has 26 heavy (non-hydrogen) atoms. The number of carbonyl (C=O) groups is 1. The van der Waals surface area contributed by atoms with Crippen LogP contribution in [0.4, 0.5) is 0 Å². The highest BCUT2D eigenvalue weighted by Crippen LogP contribution is 2.38. The predicted octanol–water partition coefficient (Wildman–Crippen LogP) is 2.36. The quantitative estimate of drug-likeness (QED) is 0.894. The smallest absolute Gasteiger partial charge is 0.289 e. The van der Waals surface area contributed by atoms with Gasteiger partial charge in [0.15, 0.2) is 5.82 Å². The van der Waals surface area contributed by atoms with Gasteiger partial charge in [-0.05, 0) is 42.9 Å². The molecule has 1 amide bonds. The third-order valence-electron chi connectivity index (χ3n) is 5.47. The van der Waals surface area contributed by atoms with Gasteiger partial charge < -0.3 is 19.3 Å². The summed E-state index contributed by atoms with van der Waals surface area (Å²) in [5.74, 6) is 1.70. The lowest BCUT2D eigenvalue weighted by Crippen LogP contribution is -2.42. The van der Waals surface area contributed by atoms with Gasteiger partial charge in [-0.3, -0.25) is 4.79 Å². The molecule has 2 aromatic rings. The lowest BCUT2D eigenvalue weighted by atomic mass is 9.78. The maximum Gasteiger partial charge on any atom is 0.289 e. The minimum Gasteiger partial charge on any atom is -0.488 e. The van der Waals surface area contributed by atoms with Crippen molar-refractivity contribution in [2.24, 2.45) is 18.9 Å². The number of rotatable bonds is 3. The normalized spacial score (nSPS) is 28.0. The second-order valence-corrected chi connectivity index (χ2v) is 7.68. The Labute approximate surface area is 157 Å². The number of fused-ring (bicyclic) bond motifs is 1. The van der Waals surface area contributed by atoms with E-state index >= 15 is 0 Å². The number of benzene rings is 1. The van der Waals surface area contributed by atoms with Crippen LogP contribution in [0, 0.1) is 11.8 Å². The summed E-state index contributed by atoms with van der Waals surface area (Å²) in [5, 5.41) is 11.1. The van der Waals surface area contributed by atoms with Gasteiger partial charge in [-0.25, -0.2) is 4.98 Å². The van der Waals surface area contributed by atoms with Crippen molar-refractivity contribution in [3.05, 3.63) is 47.5 Å². The van der Waals surface area contributed by atoms with Crippen molar-refractivity contribution >= 4 is 17.5 Å². The SMILES string of the molecule is Cn1ccnc1C(=O)N1C[C@H]2C[C@@H](Oc3cccc(Cl)c3)[C@H](O)C[C@H]2C1. The number of aryl methyl sites for hydroxylation is 1. The van der Waals surface area contributed by atoms with Gasteiger partial charge in [-0.1, -0.05) is 17.7 Å². The number of hydrogen-bond donors (Lipinski definition) is 1. The van der Waals surface area contributed by atoms with Crippen molar-refractivity contribution in [1.29, 1.82) is 0 Å². The molecule has 1 N–H and O–H groups in total. The van der Waals surface area contributed by atoms with Crippen molar-refractivity contribution in [2.45, 2.75) is 25.0 Å². The summed E-state index contributed by atoms with van der Waals surface area (Å²) in [6.07, 6.45) is 3.95. The van der Waals surface area contributed by atoms with Crippen molar-refractivity contribution in [1.82, 2.24) is 14.5 Å². The Morgan fingerprint density at radius 2 is 2.08 bits per heavy atom. The molecule has 1 aliphatic heterocycles. The van der Waals surface area contributed by atoms with Gasteiger partial charge in [0.25, 0.3) is 5.91 Å². The fourth-order valence-electron chi connectivity index (χ4n) is 4.11. The molecule has 2 aliphatic rings. The number of aromatic nitrogens is 2. The number of hydrogen-bond acceptors (Lipinski definition) is 4. The number of aliphatic hydroxyl groups is 1. The van der Waals surface area contributed by atoms with Gasteiger partial charge in [0, 0.05) is 37.6 Å². The van der Waals surface area contributed by atoms with Crippen LogP contribution >= 0.6 is 11.6 Å². The average Bonchev–Trinajstić information content (AvgIpc) is 3.20. The zero-order valence-electron chi connectivity index (χ0n) is 14.6. The van der Waals surface area contributed by atoms with Crippen molar-refractivity contribution in [3.63, 3.8) is 0 Å². The molecule has 1 aliphatic carbocycles. The summed E-state index contributed by atoms with van der Waals surface area (Å²) >= 11 is 6.01. The van der Waals surface area contributed by atoms with Crippen LogP contribution in [0.3, 0.4) is 0 Å². The Morgan fingerprint density at radius 3 is 2.77 bits per heavy atom. The number of halogens is 1. The van der Waals surface area contributed by atoms with Gasteiger partial charge in [-0.2, -0.15) is 0 Å². The minimum atomic E-state index is -0.543.